The molecule has 1 aromatic heterocycles. The van der Waals surface area contributed by atoms with Crippen LogP contribution in [0.2, 0.25) is 0 Å². The second kappa shape index (κ2) is 4.70. The Morgan fingerprint density at radius 2 is 1.82 bits per heavy atom. The fourth-order valence-corrected chi connectivity index (χ4v) is 4.03. The van der Waals surface area contributed by atoms with Gasteiger partial charge in [-0.3, -0.25) is 0 Å². The van der Waals surface area contributed by atoms with Gasteiger partial charge in [-0.2, -0.15) is 0 Å². The summed E-state index contributed by atoms with van der Waals surface area (Å²) in [5, 5.41) is 0. The fraction of sp³-hybridized carbons (Fsp3) is 0.350. The van der Waals surface area contributed by atoms with Gasteiger partial charge in [-0.15, -0.1) is 0 Å². The highest BCUT2D eigenvalue weighted by Crippen LogP contribution is 2.30. The minimum Gasteiger partial charge on any atom is -0.226 e. The molecule has 2 aromatic carbocycles. The van der Waals surface area contributed by atoms with Crippen LogP contribution in [-0.4, -0.2) is 4.57 Å². The maximum absolute atomic E-state index is 2.53. The molecule has 1 aliphatic heterocycles. The molecule has 2 nitrogen and oxygen atoms in total. The fourth-order valence-electron chi connectivity index (χ4n) is 4.03. The van der Waals surface area contributed by atoms with Crippen LogP contribution in [0.25, 0.3) is 22.4 Å². The summed E-state index contributed by atoms with van der Waals surface area (Å²) in [4.78, 5) is 0. The van der Waals surface area contributed by atoms with Crippen molar-refractivity contribution in [3.8, 4) is 11.4 Å². The van der Waals surface area contributed by atoms with E-state index in [4.69, 9.17) is 0 Å². The molecule has 0 fully saturated rings. The third-order valence-corrected chi connectivity index (χ3v) is 4.97. The molecule has 0 unspecified atom stereocenters. The van der Waals surface area contributed by atoms with E-state index in [9.17, 15) is 0 Å². The Hall–Kier alpha value is -2.09. The number of aryl methyl sites for hydroxylation is 6. The van der Waals surface area contributed by atoms with Crippen LogP contribution in [0.5, 0.6) is 0 Å². The van der Waals surface area contributed by atoms with Gasteiger partial charge in [0, 0.05) is 5.56 Å². The van der Waals surface area contributed by atoms with Crippen LogP contribution in [0.15, 0.2) is 30.3 Å². The van der Waals surface area contributed by atoms with E-state index in [1.54, 1.807) is 0 Å². The molecule has 0 N–H and O–H groups in total. The molecule has 0 radical (unpaired) electrons. The minimum atomic E-state index is 1.12. The molecule has 0 saturated heterocycles. The monoisotopic (exact) mass is 291 g/mol. The van der Waals surface area contributed by atoms with Gasteiger partial charge in [0.15, 0.2) is 11.0 Å². The van der Waals surface area contributed by atoms with Crippen molar-refractivity contribution in [1.82, 2.24) is 4.57 Å². The number of hydrogen-bond donors (Lipinski definition) is 0. The first-order valence-corrected chi connectivity index (χ1v) is 8.15. The van der Waals surface area contributed by atoms with Crippen LogP contribution in [0.4, 0.5) is 0 Å². The third-order valence-electron chi connectivity index (χ3n) is 4.97. The van der Waals surface area contributed by atoms with Crippen molar-refractivity contribution in [2.45, 2.75) is 40.2 Å². The van der Waals surface area contributed by atoms with E-state index in [2.05, 4.69) is 67.3 Å². The van der Waals surface area contributed by atoms with E-state index in [0.29, 0.717) is 0 Å². The zero-order valence-corrected chi connectivity index (χ0v) is 13.9. The Morgan fingerprint density at radius 3 is 2.59 bits per heavy atom. The topological polar surface area (TPSA) is 8.81 Å². The van der Waals surface area contributed by atoms with Gasteiger partial charge in [-0.25, -0.2) is 9.13 Å². The number of imidazole rings is 1. The molecule has 22 heavy (non-hydrogen) atoms. The Labute approximate surface area is 132 Å². The van der Waals surface area contributed by atoms with Crippen LogP contribution in [0.1, 0.15) is 28.7 Å². The standard InChI is InChI=1S/C20H23N2/c1-13-7-8-17(15(3)10-13)20-21(4)18-12-14(2)11-16-6-5-9-22(20)19(16)18/h7-8,10-12H,5-6,9H2,1-4H3/q+1. The summed E-state index contributed by atoms with van der Waals surface area (Å²) in [5.74, 6) is 1.35. The van der Waals surface area contributed by atoms with Gasteiger partial charge in [0.2, 0.25) is 0 Å². The largest absolute Gasteiger partial charge is 0.289 e. The normalized spacial score (nSPS) is 13.8. The number of nitrogens with zero attached hydrogens (tertiary/aromatic N) is 2. The molecule has 0 aliphatic carbocycles. The summed E-state index contributed by atoms with van der Waals surface area (Å²) in [5.41, 5.74) is 9.72. The summed E-state index contributed by atoms with van der Waals surface area (Å²) in [6.07, 6.45) is 2.44. The number of aromatic nitrogens is 2. The SMILES string of the molecule is Cc1ccc(-c2n(C)c3cc(C)cc4c3[n+]2CCC4)c(C)c1. The van der Waals surface area contributed by atoms with Crippen molar-refractivity contribution >= 4 is 11.0 Å². The maximum Gasteiger partial charge on any atom is 0.289 e. The quantitative estimate of drug-likeness (QED) is 0.599. The lowest BCUT2D eigenvalue weighted by molar-refractivity contribution is -0.664. The van der Waals surface area contributed by atoms with Crippen molar-refractivity contribution < 1.29 is 4.57 Å². The number of hydrogen-bond acceptors (Lipinski definition) is 0. The minimum absolute atomic E-state index is 1.12. The first-order chi connectivity index (χ1) is 10.6. The Bertz CT molecular complexity index is 900. The van der Waals surface area contributed by atoms with Crippen LogP contribution < -0.4 is 4.57 Å². The van der Waals surface area contributed by atoms with Crippen molar-refractivity contribution in [3.63, 3.8) is 0 Å². The van der Waals surface area contributed by atoms with E-state index in [1.807, 2.05) is 0 Å². The van der Waals surface area contributed by atoms with E-state index in [0.717, 1.165) is 6.54 Å². The summed E-state index contributed by atoms with van der Waals surface area (Å²) in [6.45, 7) is 7.72. The molecule has 0 atom stereocenters. The van der Waals surface area contributed by atoms with Crippen molar-refractivity contribution in [3.05, 3.63) is 52.6 Å². The highest BCUT2D eigenvalue weighted by molar-refractivity contribution is 5.81. The lowest BCUT2D eigenvalue weighted by Gasteiger charge is -2.12. The van der Waals surface area contributed by atoms with Gasteiger partial charge in [0.25, 0.3) is 5.82 Å². The second-order valence-corrected chi connectivity index (χ2v) is 6.75. The zero-order chi connectivity index (χ0) is 15.4. The number of benzene rings is 2. The Kier molecular flexibility index (Phi) is 2.90. The predicted octanol–water partition coefficient (Wildman–Crippen LogP) is 4.00. The summed E-state index contributed by atoms with van der Waals surface area (Å²) < 4.78 is 4.92. The van der Waals surface area contributed by atoms with Crippen molar-refractivity contribution in [1.29, 1.82) is 0 Å². The van der Waals surface area contributed by atoms with E-state index < -0.39 is 0 Å². The van der Waals surface area contributed by atoms with E-state index in [1.165, 1.54) is 57.5 Å². The van der Waals surface area contributed by atoms with Gasteiger partial charge < -0.3 is 0 Å². The highest BCUT2D eigenvalue weighted by atomic mass is 15.2. The van der Waals surface area contributed by atoms with Crippen LogP contribution in [0, 0.1) is 20.8 Å². The molecule has 0 spiro atoms. The van der Waals surface area contributed by atoms with Gasteiger partial charge in [-0.1, -0.05) is 23.8 Å². The van der Waals surface area contributed by atoms with Crippen LogP contribution in [0.3, 0.4) is 0 Å². The molecule has 0 bridgehead atoms. The van der Waals surface area contributed by atoms with Crippen LogP contribution >= 0.6 is 0 Å². The lowest BCUT2D eigenvalue weighted by atomic mass is 10.0. The summed E-state index contributed by atoms with van der Waals surface area (Å²) in [7, 11) is 2.21. The van der Waals surface area contributed by atoms with Gasteiger partial charge in [0.05, 0.1) is 19.2 Å². The van der Waals surface area contributed by atoms with E-state index in [-0.39, 0.29) is 0 Å². The maximum atomic E-state index is 2.53. The number of rotatable bonds is 1. The smallest absolute Gasteiger partial charge is 0.226 e. The van der Waals surface area contributed by atoms with Gasteiger partial charge in [0.1, 0.15) is 0 Å². The molecule has 2 heterocycles. The van der Waals surface area contributed by atoms with Crippen molar-refractivity contribution in [2.24, 2.45) is 7.05 Å². The highest BCUT2D eigenvalue weighted by Gasteiger charge is 2.29. The molecule has 112 valence electrons. The Balaban J connectivity index is 2.11. The molecular weight excluding hydrogens is 268 g/mol. The molecule has 0 amide bonds. The molecule has 2 heteroatoms. The first kappa shape index (κ1) is 13.6. The molecule has 0 saturated carbocycles. The van der Waals surface area contributed by atoms with E-state index >= 15 is 0 Å². The lowest BCUT2D eigenvalue weighted by Crippen LogP contribution is -2.39. The third kappa shape index (κ3) is 1.83. The first-order valence-electron chi connectivity index (χ1n) is 8.15. The van der Waals surface area contributed by atoms with Gasteiger partial charge in [-0.05, 0) is 56.9 Å². The van der Waals surface area contributed by atoms with Crippen molar-refractivity contribution in [2.75, 3.05) is 0 Å². The summed E-state index contributed by atoms with van der Waals surface area (Å²) >= 11 is 0. The summed E-state index contributed by atoms with van der Waals surface area (Å²) in [6, 6.07) is 11.5. The molecule has 1 aliphatic rings. The molecular formula is C20H23N2+. The predicted molar refractivity (Wildman–Crippen MR) is 91.1 cm³/mol. The Morgan fingerprint density at radius 1 is 1.00 bits per heavy atom. The molecule has 3 aromatic rings. The average Bonchev–Trinajstić information content (AvgIpc) is 2.74. The zero-order valence-electron chi connectivity index (χ0n) is 13.9. The van der Waals surface area contributed by atoms with Gasteiger partial charge >= 0.3 is 0 Å². The second-order valence-electron chi connectivity index (χ2n) is 6.75. The average molecular weight is 291 g/mol. The molecule has 4 rings (SSSR count). The van der Waals surface area contributed by atoms with Crippen LogP contribution in [-0.2, 0) is 20.0 Å².